The third kappa shape index (κ3) is 4.67. The minimum absolute atomic E-state index is 1.98. The SMILES string of the molecule is O=P(O)(O)OC(F)(F)C(F)(F)C(F)(F)C(F)(F)C(F)CC(F)(F)F. The van der Waals surface area contributed by atoms with E-state index in [4.69, 9.17) is 9.79 Å². The first-order valence-corrected chi connectivity index (χ1v) is 6.60. The Bertz CT molecular complexity index is 496. The molecule has 0 heterocycles. The molecule has 1 atom stereocenters. The fourth-order valence-electron chi connectivity index (χ4n) is 1.13. The van der Waals surface area contributed by atoms with E-state index in [0.717, 1.165) is 0 Å². The molecule has 0 radical (unpaired) electrons. The smallest absolute Gasteiger partial charge is 0.303 e. The Morgan fingerprint density at radius 3 is 1.50 bits per heavy atom. The molecule has 2 N–H and O–H groups in total. The van der Waals surface area contributed by atoms with Gasteiger partial charge in [0.05, 0.1) is 6.42 Å². The summed E-state index contributed by atoms with van der Waals surface area (Å²) in [5.74, 6) is -22.0. The number of hydrogen-bond donors (Lipinski definition) is 2. The third-order valence-corrected chi connectivity index (χ3v) is 2.68. The lowest BCUT2D eigenvalue weighted by molar-refractivity contribution is -0.417. The summed E-state index contributed by atoms with van der Waals surface area (Å²) in [5.41, 5.74) is 0. The van der Waals surface area contributed by atoms with Gasteiger partial charge >= 0.3 is 37.9 Å². The van der Waals surface area contributed by atoms with Gasteiger partial charge in [-0.3, -0.25) is 0 Å². The molecular formula is C7H5F12O4P. The quantitative estimate of drug-likeness (QED) is 0.492. The fraction of sp³-hybridized carbons (Fsp3) is 1.00. The first-order valence-electron chi connectivity index (χ1n) is 5.07. The predicted octanol–water partition coefficient (Wildman–Crippen LogP) is 3.88. The largest absolute Gasteiger partial charge is 0.474 e. The normalized spacial score (nSPS) is 17.1. The minimum Gasteiger partial charge on any atom is -0.303 e. The van der Waals surface area contributed by atoms with Crippen molar-refractivity contribution in [1.29, 1.82) is 0 Å². The highest BCUT2D eigenvalue weighted by Crippen LogP contribution is 2.58. The van der Waals surface area contributed by atoms with Crippen molar-refractivity contribution in [3.63, 3.8) is 0 Å². The van der Waals surface area contributed by atoms with Crippen LogP contribution in [0.3, 0.4) is 0 Å². The maximum atomic E-state index is 13.0. The third-order valence-electron chi connectivity index (χ3n) is 2.22. The van der Waals surface area contributed by atoms with Crippen LogP contribution in [0.5, 0.6) is 0 Å². The molecule has 0 aliphatic heterocycles. The second-order valence-electron chi connectivity index (χ2n) is 4.16. The zero-order valence-corrected chi connectivity index (χ0v) is 11.4. The first-order chi connectivity index (χ1) is 10.1. The minimum atomic E-state index is -7.52. The molecule has 0 aromatic heterocycles. The standard InChI is InChI=1S/C7H5F12O4P/c8-2(1-3(9,10)11)4(12,13)5(14,15)6(16,17)7(18,19)23-24(20,21)22/h2H,1H2,(H2,20,21,22). The van der Waals surface area contributed by atoms with E-state index in [1.807, 2.05) is 4.52 Å². The van der Waals surface area contributed by atoms with Crippen molar-refractivity contribution in [3.05, 3.63) is 0 Å². The van der Waals surface area contributed by atoms with Crippen molar-refractivity contribution in [1.82, 2.24) is 0 Å². The van der Waals surface area contributed by atoms with Crippen LogP contribution >= 0.6 is 7.82 Å². The van der Waals surface area contributed by atoms with Gasteiger partial charge in [0.2, 0.25) is 0 Å². The lowest BCUT2D eigenvalue weighted by Gasteiger charge is -2.37. The van der Waals surface area contributed by atoms with Crippen LogP contribution in [0.4, 0.5) is 52.7 Å². The Hall–Kier alpha value is -0.730. The van der Waals surface area contributed by atoms with Gasteiger partial charge in [-0.05, 0) is 0 Å². The second-order valence-corrected chi connectivity index (χ2v) is 5.32. The zero-order chi connectivity index (χ0) is 20.0. The first kappa shape index (κ1) is 23.3. The average molecular weight is 412 g/mol. The highest BCUT2D eigenvalue weighted by Gasteiger charge is 2.84. The number of halogens is 12. The maximum absolute atomic E-state index is 13.0. The summed E-state index contributed by atoms with van der Waals surface area (Å²) in [6.45, 7) is 0. The molecule has 0 aliphatic carbocycles. The lowest BCUT2D eigenvalue weighted by Crippen LogP contribution is -2.65. The van der Waals surface area contributed by atoms with Gasteiger partial charge in [-0.1, -0.05) is 0 Å². The van der Waals surface area contributed by atoms with E-state index in [0.29, 0.717) is 0 Å². The van der Waals surface area contributed by atoms with Gasteiger partial charge in [0.25, 0.3) is 0 Å². The van der Waals surface area contributed by atoms with E-state index >= 15 is 0 Å². The van der Waals surface area contributed by atoms with Crippen LogP contribution in [-0.4, -0.2) is 46.0 Å². The molecule has 0 bridgehead atoms. The molecule has 24 heavy (non-hydrogen) atoms. The van der Waals surface area contributed by atoms with Gasteiger partial charge in [0.15, 0.2) is 6.17 Å². The molecule has 0 saturated heterocycles. The summed E-state index contributed by atoms with van der Waals surface area (Å²) in [6, 6.07) is 0. The number of alkyl halides is 12. The summed E-state index contributed by atoms with van der Waals surface area (Å²) >= 11 is 0. The summed E-state index contributed by atoms with van der Waals surface area (Å²) in [7, 11) is -6.64. The van der Waals surface area contributed by atoms with Gasteiger partial charge in [-0.15, -0.1) is 0 Å². The summed E-state index contributed by atoms with van der Waals surface area (Å²) < 4.78 is 163. The highest BCUT2D eigenvalue weighted by atomic mass is 31.2. The Kier molecular flexibility index (Phi) is 6.02. The fourth-order valence-corrected chi connectivity index (χ4v) is 1.54. The van der Waals surface area contributed by atoms with Crippen molar-refractivity contribution in [2.24, 2.45) is 0 Å². The van der Waals surface area contributed by atoms with Crippen LogP contribution in [0.15, 0.2) is 0 Å². The number of hydrogen-bond acceptors (Lipinski definition) is 2. The summed E-state index contributed by atoms with van der Waals surface area (Å²) in [5, 5.41) is 0. The van der Waals surface area contributed by atoms with E-state index in [-0.39, 0.29) is 0 Å². The molecule has 0 aromatic rings. The molecule has 17 heteroatoms. The van der Waals surface area contributed by atoms with Crippen molar-refractivity contribution in [2.75, 3.05) is 0 Å². The van der Waals surface area contributed by atoms with Crippen LogP contribution < -0.4 is 0 Å². The molecule has 1 unspecified atom stereocenters. The molecule has 0 spiro atoms. The van der Waals surface area contributed by atoms with Crippen LogP contribution in [0.1, 0.15) is 6.42 Å². The Balaban J connectivity index is 5.87. The molecule has 0 saturated carbocycles. The van der Waals surface area contributed by atoms with Crippen LogP contribution in [0.2, 0.25) is 0 Å². The van der Waals surface area contributed by atoms with Crippen LogP contribution in [-0.2, 0) is 9.09 Å². The molecule has 146 valence electrons. The van der Waals surface area contributed by atoms with E-state index in [1.165, 1.54) is 0 Å². The predicted molar refractivity (Wildman–Crippen MR) is 48.5 cm³/mol. The van der Waals surface area contributed by atoms with Crippen molar-refractivity contribution >= 4 is 7.82 Å². The monoisotopic (exact) mass is 412 g/mol. The molecular weight excluding hydrogens is 407 g/mol. The number of rotatable bonds is 7. The van der Waals surface area contributed by atoms with E-state index in [9.17, 15) is 57.3 Å². The lowest BCUT2D eigenvalue weighted by atomic mass is 9.97. The Morgan fingerprint density at radius 2 is 1.21 bits per heavy atom. The van der Waals surface area contributed by atoms with E-state index in [1.54, 1.807) is 0 Å². The van der Waals surface area contributed by atoms with E-state index in [2.05, 4.69) is 0 Å². The summed E-state index contributed by atoms with van der Waals surface area (Å²) in [6.07, 6.45) is -21.4. The topological polar surface area (TPSA) is 66.8 Å². The second kappa shape index (κ2) is 6.21. The molecule has 0 aliphatic rings. The molecule has 0 fully saturated rings. The van der Waals surface area contributed by atoms with E-state index < -0.39 is 50.5 Å². The highest BCUT2D eigenvalue weighted by molar-refractivity contribution is 7.46. The number of phosphoric acid groups is 1. The average Bonchev–Trinajstić information content (AvgIpc) is 2.22. The van der Waals surface area contributed by atoms with Gasteiger partial charge in [0.1, 0.15) is 0 Å². The zero-order valence-electron chi connectivity index (χ0n) is 10.5. The van der Waals surface area contributed by atoms with Gasteiger partial charge < -0.3 is 9.79 Å². The van der Waals surface area contributed by atoms with Gasteiger partial charge in [-0.2, -0.15) is 48.3 Å². The molecule has 4 nitrogen and oxygen atoms in total. The molecule has 0 rings (SSSR count). The van der Waals surface area contributed by atoms with Gasteiger partial charge in [-0.25, -0.2) is 13.5 Å². The Labute approximate surface area is 123 Å². The number of phosphoric ester groups is 1. The Morgan fingerprint density at radius 1 is 0.833 bits per heavy atom. The van der Waals surface area contributed by atoms with Crippen molar-refractivity contribution < 1.29 is 71.6 Å². The summed E-state index contributed by atoms with van der Waals surface area (Å²) in [4.78, 5) is 15.7. The van der Waals surface area contributed by atoms with Crippen LogP contribution in [0.25, 0.3) is 0 Å². The van der Waals surface area contributed by atoms with Crippen molar-refractivity contribution in [2.45, 2.75) is 42.6 Å². The molecule has 0 amide bonds. The maximum Gasteiger partial charge on any atom is 0.474 e. The van der Waals surface area contributed by atoms with Crippen LogP contribution in [0, 0.1) is 0 Å². The molecule has 0 aromatic carbocycles. The van der Waals surface area contributed by atoms with Crippen molar-refractivity contribution in [3.8, 4) is 0 Å². The van der Waals surface area contributed by atoms with Gasteiger partial charge in [0, 0.05) is 0 Å².